The summed E-state index contributed by atoms with van der Waals surface area (Å²) in [5.74, 6) is 0.102. The molecule has 0 saturated heterocycles. The molecule has 1 amide bonds. The summed E-state index contributed by atoms with van der Waals surface area (Å²) in [4.78, 5) is 11.2. The Balaban J connectivity index is 5.03. The molecule has 0 aliphatic rings. The maximum atomic E-state index is 11.2. The Morgan fingerprint density at radius 1 is 1.08 bits per heavy atom. The van der Waals surface area contributed by atoms with Gasteiger partial charge in [0.15, 0.2) is 0 Å². The predicted octanol–water partition coefficient (Wildman–Crippen LogP) is 2.67. The van der Waals surface area contributed by atoms with E-state index >= 15 is 0 Å². The summed E-state index contributed by atoms with van der Waals surface area (Å²) in [6.07, 6.45) is 0. The fourth-order valence-electron chi connectivity index (χ4n) is 1.35. The number of hydrogen-bond donors (Lipinski definition) is 1. The van der Waals surface area contributed by atoms with Crippen LogP contribution >= 0.6 is 6.75 Å². The fraction of sp³-hybridized carbons (Fsp3) is 0.900. The van der Waals surface area contributed by atoms with Crippen molar-refractivity contribution >= 4 is 12.7 Å². The molecule has 0 aliphatic heterocycles. The van der Waals surface area contributed by atoms with Crippen LogP contribution in [0.4, 0.5) is 0 Å². The average molecular weight is 205 g/mol. The minimum atomic E-state index is -2.04. The second-order valence-electron chi connectivity index (χ2n) is 5.19. The van der Waals surface area contributed by atoms with Gasteiger partial charge in [0, 0.05) is 0 Å². The van der Waals surface area contributed by atoms with Crippen molar-refractivity contribution in [2.75, 3.05) is 13.3 Å². The van der Waals surface area contributed by atoms with Gasteiger partial charge in [0.2, 0.25) is 0 Å². The molecule has 0 heterocycles. The van der Waals surface area contributed by atoms with Gasteiger partial charge < -0.3 is 0 Å². The van der Waals surface area contributed by atoms with Crippen LogP contribution in [0.1, 0.15) is 34.6 Å². The third-order valence-corrected chi connectivity index (χ3v) is 11.1. The number of carbonyl (C=O) groups excluding carboxylic acids is 1. The molecule has 0 aliphatic carbocycles. The first-order chi connectivity index (χ1) is 5.60. The van der Waals surface area contributed by atoms with Crippen molar-refractivity contribution in [3.8, 4) is 0 Å². The first kappa shape index (κ1) is 12.9. The Kier molecular flexibility index (Phi) is 3.54. The summed E-state index contributed by atoms with van der Waals surface area (Å²) in [6, 6.07) is 0. The van der Waals surface area contributed by atoms with E-state index < -0.39 is 6.75 Å². The third kappa shape index (κ3) is 2.43. The number of hydrogen-bond acceptors (Lipinski definition) is 1. The maximum absolute atomic E-state index is 11.2. The zero-order valence-electron chi connectivity index (χ0n) is 10.0. The van der Waals surface area contributed by atoms with Gasteiger partial charge in [0.25, 0.3) is 0 Å². The molecule has 1 N–H and O–H groups in total. The standard InChI is InChI=1S/C10H24NOP/c1-8(2)13(6,7,9(3)4)11-10(5)12/h8-9H,1-7H3,(H,11,12). The summed E-state index contributed by atoms with van der Waals surface area (Å²) in [6.45, 7) is 12.9. The van der Waals surface area contributed by atoms with Gasteiger partial charge in [0.1, 0.15) is 0 Å². The van der Waals surface area contributed by atoms with E-state index in [1.807, 2.05) is 0 Å². The van der Waals surface area contributed by atoms with E-state index in [1.54, 1.807) is 6.92 Å². The summed E-state index contributed by atoms with van der Waals surface area (Å²) in [5.41, 5.74) is 1.07. The molecule has 0 aromatic heterocycles. The molecule has 80 valence electrons. The zero-order valence-corrected chi connectivity index (χ0v) is 10.9. The SMILES string of the molecule is CC(=O)NP(C)(C)(C(C)C)C(C)C. The van der Waals surface area contributed by atoms with Crippen LogP contribution in [0.25, 0.3) is 0 Å². The third-order valence-electron chi connectivity index (χ3n) is 3.69. The van der Waals surface area contributed by atoms with Crippen molar-refractivity contribution in [1.82, 2.24) is 5.09 Å². The summed E-state index contributed by atoms with van der Waals surface area (Å²) >= 11 is 0. The van der Waals surface area contributed by atoms with Crippen molar-refractivity contribution in [2.45, 2.75) is 45.9 Å². The number of carbonyl (C=O) groups is 1. The van der Waals surface area contributed by atoms with Gasteiger partial charge in [-0.25, -0.2) is 0 Å². The van der Waals surface area contributed by atoms with E-state index in [2.05, 4.69) is 46.1 Å². The number of nitrogens with one attached hydrogen (secondary N) is 1. The summed E-state index contributed by atoms with van der Waals surface area (Å²) < 4.78 is 0. The Bertz CT molecular complexity index is 197. The van der Waals surface area contributed by atoms with Crippen molar-refractivity contribution in [3.05, 3.63) is 0 Å². The molecule has 0 rings (SSSR count). The van der Waals surface area contributed by atoms with E-state index in [-0.39, 0.29) is 5.91 Å². The van der Waals surface area contributed by atoms with Gasteiger partial charge in [0.05, 0.1) is 0 Å². The first-order valence-corrected chi connectivity index (χ1v) is 8.17. The molecule has 0 aromatic carbocycles. The molecule has 0 fully saturated rings. The fourth-order valence-corrected chi connectivity index (χ4v) is 4.05. The molecule has 0 unspecified atom stereocenters. The quantitative estimate of drug-likeness (QED) is 0.705. The van der Waals surface area contributed by atoms with Crippen LogP contribution in [0.15, 0.2) is 0 Å². The van der Waals surface area contributed by atoms with Crippen LogP contribution in [-0.4, -0.2) is 30.6 Å². The van der Waals surface area contributed by atoms with Crippen LogP contribution < -0.4 is 5.09 Å². The Hall–Kier alpha value is -0.100. The second-order valence-corrected chi connectivity index (χ2v) is 12.1. The van der Waals surface area contributed by atoms with E-state index in [0.29, 0.717) is 11.3 Å². The molecule has 0 atom stereocenters. The van der Waals surface area contributed by atoms with E-state index in [0.717, 1.165) is 0 Å². The number of amides is 1. The van der Waals surface area contributed by atoms with Gasteiger partial charge in [-0.2, -0.15) is 0 Å². The van der Waals surface area contributed by atoms with Gasteiger partial charge in [-0.3, -0.25) is 0 Å². The van der Waals surface area contributed by atoms with Gasteiger partial charge >= 0.3 is 81.8 Å². The van der Waals surface area contributed by atoms with Crippen molar-refractivity contribution < 1.29 is 4.79 Å². The summed E-state index contributed by atoms with van der Waals surface area (Å²) in [7, 11) is 0. The minimum absolute atomic E-state index is 0.102. The molecular weight excluding hydrogens is 181 g/mol. The molecular formula is C10H24NOP. The van der Waals surface area contributed by atoms with Crippen LogP contribution in [-0.2, 0) is 4.79 Å². The molecule has 0 aromatic rings. The predicted molar refractivity (Wildman–Crippen MR) is 62.9 cm³/mol. The Morgan fingerprint density at radius 3 is 1.46 bits per heavy atom. The van der Waals surface area contributed by atoms with E-state index in [1.165, 1.54) is 0 Å². The van der Waals surface area contributed by atoms with Crippen LogP contribution in [0.3, 0.4) is 0 Å². The summed E-state index contributed by atoms with van der Waals surface area (Å²) in [5, 5.41) is 3.22. The second kappa shape index (κ2) is 3.57. The molecule has 0 radical (unpaired) electrons. The van der Waals surface area contributed by atoms with E-state index in [9.17, 15) is 4.79 Å². The topological polar surface area (TPSA) is 29.1 Å². The van der Waals surface area contributed by atoms with Crippen molar-refractivity contribution in [1.29, 1.82) is 0 Å². The monoisotopic (exact) mass is 205 g/mol. The average Bonchev–Trinajstić information content (AvgIpc) is 1.83. The first-order valence-electron chi connectivity index (χ1n) is 4.90. The zero-order chi connectivity index (χ0) is 10.9. The van der Waals surface area contributed by atoms with Gasteiger partial charge in [-0.05, 0) is 0 Å². The van der Waals surface area contributed by atoms with Crippen molar-refractivity contribution in [3.63, 3.8) is 0 Å². The molecule has 0 bridgehead atoms. The Morgan fingerprint density at radius 2 is 1.38 bits per heavy atom. The molecule has 0 spiro atoms. The van der Waals surface area contributed by atoms with Crippen LogP contribution in [0.2, 0.25) is 0 Å². The number of rotatable bonds is 3. The Labute approximate surface area is 82.5 Å². The van der Waals surface area contributed by atoms with Gasteiger partial charge in [-0.1, -0.05) is 0 Å². The molecule has 0 saturated carbocycles. The molecule has 2 nitrogen and oxygen atoms in total. The van der Waals surface area contributed by atoms with Crippen LogP contribution in [0, 0.1) is 0 Å². The molecule has 3 heteroatoms. The van der Waals surface area contributed by atoms with Crippen molar-refractivity contribution in [2.24, 2.45) is 0 Å². The normalized spacial score (nSPS) is 15.6. The molecule has 13 heavy (non-hydrogen) atoms. The van der Waals surface area contributed by atoms with Gasteiger partial charge in [-0.15, -0.1) is 0 Å². The van der Waals surface area contributed by atoms with Crippen LogP contribution in [0.5, 0.6) is 0 Å². The van der Waals surface area contributed by atoms with E-state index in [4.69, 9.17) is 0 Å².